The first kappa shape index (κ1) is 33.7. The largest absolute Gasteiger partial charge is 0.225 e. The summed E-state index contributed by atoms with van der Waals surface area (Å²) in [5.74, 6) is 0.619. The van der Waals surface area contributed by atoms with E-state index in [0.29, 0.717) is 11.8 Å². The third kappa shape index (κ3) is 6.58. The smallest absolute Gasteiger partial charge is 0.123 e. The van der Waals surface area contributed by atoms with E-state index in [4.69, 9.17) is 9.78 Å². The lowest BCUT2D eigenvalue weighted by Gasteiger charge is -2.38. The molecule has 0 bridgehead atoms. The van der Waals surface area contributed by atoms with Crippen LogP contribution in [-0.2, 0) is 31.8 Å². The predicted molar refractivity (Wildman–Crippen MR) is 186 cm³/mol. The van der Waals surface area contributed by atoms with Crippen LogP contribution in [0.5, 0.6) is 0 Å². The maximum absolute atomic E-state index is 6.54. The van der Waals surface area contributed by atoms with Crippen LogP contribution >= 0.6 is 0 Å². The lowest BCUT2D eigenvalue weighted by molar-refractivity contribution is -0.410. The summed E-state index contributed by atoms with van der Waals surface area (Å²) < 4.78 is 0. The standard InChI is InChI=1S/C42H54O2/c1-29(2)37-33(39(5,6)31-21-15-13-16-22-31)25-19-27-35(37)41(9,10)43-44-42(11,12)36-28-20-26-34(38(36)30(3)4)40(7,8)32-23-17-14-18-24-32/h13-30H,1-12H3. The van der Waals surface area contributed by atoms with Crippen molar-refractivity contribution in [3.8, 4) is 0 Å². The summed E-state index contributed by atoms with van der Waals surface area (Å²) in [6, 6.07) is 34.9. The summed E-state index contributed by atoms with van der Waals surface area (Å²) in [6.07, 6.45) is 0. The highest BCUT2D eigenvalue weighted by atomic mass is 17.2. The van der Waals surface area contributed by atoms with Gasteiger partial charge in [-0.3, -0.25) is 0 Å². The van der Waals surface area contributed by atoms with E-state index in [0.717, 1.165) is 11.1 Å². The van der Waals surface area contributed by atoms with Crippen LogP contribution in [0.1, 0.15) is 139 Å². The molecule has 0 N–H and O–H groups in total. The van der Waals surface area contributed by atoms with Gasteiger partial charge in [-0.25, -0.2) is 9.78 Å². The molecule has 0 aliphatic heterocycles. The van der Waals surface area contributed by atoms with Gasteiger partial charge >= 0.3 is 0 Å². The molecule has 0 radical (unpaired) electrons. The molecule has 0 fully saturated rings. The first-order chi connectivity index (χ1) is 20.5. The average molecular weight is 591 g/mol. The van der Waals surface area contributed by atoms with Crippen molar-refractivity contribution < 1.29 is 9.78 Å². The summed E-state index contributed by atoms with van der Waals surface area (Å²) in [5, 5.41) is 0. The molecule has 0 saturated carbocycles. The fraction of sp³-hybridized carbons (Fsp3) is 0.429. The minimum atomic E-state index is -0.682. The monoisotopic (exact) mass is 590 g/mol. The molecule has 0 heterocycles. The van der Waals surface area contributed by atoms with Crippen molar-refractivity contribution in [1.82, 2.24) is 0 Å². The van der Waals surface area contributed by atoms with Gasteiger partial charge < -0.3 is 0 Å². The van der Waals surface area contributed by atoms with Crippen molar-refractivity contribution >= 4 is 0 Å². The molecule has 4 rings (SSSR count). The number of benzene rings is 4. The van der Waals surface area contributed by atoms with Crippen molar-refractivity contribution in [2.24, 2.45) is 0 Å². The number of hydrogen-bond acceptors (Lipinski definition) is 2. The topological polar surface area (TPSA) is 18.5 Å². The number of hydrogen-bond donors (Lipinski definition) is 0. The van der Waals surface area contributed by atoms with E-state index < -0.39 is 11.2 Å². The molecule has 0 saturated heterocycles. The Morgan fingerprint density at radius 3 is 0.977 bits per heavy atom. The summed E-state index contributed by atoms with van der Waals surface area (Å²) in [5.41, 5.74) is 8.53. The zero-order valence-electron chi connectivity index (χ0n) is 29.2. The van der Waals surface area contributed by atoms with Crippen molar-refractivity contribution in [3.63, 3.8) is 0 Å². The van der Waals surface area contributed by atoms with E-state index in [-0.39, 0.29) is 10.8 Å². The van der Waals surface area contributed by atoms with Gasteiger partial charge in [-0.05, 0) is 84.0 Å². The maximum atomic E-state index is 6.54. The van der Waals surface area contributed by atoms with Gasteiger partial charge in [-0.2, -0.15) is 0 Å². The molecule has 0 aliphatic rings. The van der Waals surface area contributed by atoms with Gasteiger partial charge in [0.2, 0.25) is 0 Å². The number of rotatable bonds is 11. The summed E-state index contributed by atoms with van der Waals surface area (Å²) >= 11 is 0. The Balaban J connectivity index is 1.72. The minimum absolute atomic E-state index is 0.161. The van der Waals surface area contributed by atoms with E-state index in [1.165, 1.54) is 33.4 Å². The molecular weight excluding hydrogens is 536 g/mol. The van der Waals surface area contributed by atoms with E-state index in [1.54, 1.807) is 0 Å². The van der Waals surface area contributed by atoms with E-state index >= 15 is 0 Å². The van der Waals surface area contributed by atoms with Gasteiger partial charge in [-0.1, -0.05) is 152 Å². The van der Waals surface area contributed by atoms with Gasteiger partial charge in [0.05, 0.1) is 0 Å². The zero-order chi connectivity index (χ0) is 32.5. The Morgan fingerprint density at radius 2 is 0.682 bits per heavy atom. The van der Waals surface area contributed by atoms with Crippen molar-refractivity contribution in [2.75, 3.05) is 0 Å². The first-order valence-corrected chi connectivity index (χ1v) is 16.3. The summed E-state index contributed by atoms with van der Waals surface area (Å²) in [6.45, 7) is 26.9. The SMILES string of the molecule is CC(C)c1c(C(C)(C)OOC(C)(C)c2cccc(C(C)(C)c3ccccc3)c2C(C)C)cccc1C(C)(C)c1ccccc1. The Labute approximate surface area is 267 Å². The van der Waals surface area contributed by atoms with Crippen LogP contribution < -0.4 is 0 Å². The fourth-order valence-corrected chi connectivity index (χ4v) is 6.83. The van der Waals surface area contributed by atoms with Crippen LogP contribution in [0.15, 0.2) is 97.1 Å². The second kappa shape index (κ2) is 12.7. The molecular formula is C42H54O2. The molecule has 4 aromatic rings. The van der Waals surface area contributed by atoms with Crippen LogP contribution in [-0.4, -0.2) is 0 Å². The highest BCUT2D eigenvalue weighted by molar-refractivity contribution is 5.50. The minimum Gasteiger partial charge on any atom is -0.225 e. The van der Waals surface area contributed by atoms with Gasteiger partial charge in [0.1, 0.15) is 11.2 Å². The van der Waals surface area contributed by atoms with Crippen LogP contribution in [0.2, 0.25) is 0 Å². The van der Waals surface area contributed by atoms with E-state index in [9.17, 15) is 0 Å². The third-order valence-corrected chi connectivity index (χ3v) is 9.46. The predicted octanol–water partition coefficient (Wildman–Crippen LogP) is 11.7. The quantitative estimate of drug-likeness (QED) is 0.128. The lowest BCUT2D eigenvalue weighted by atomic mass is 9.71. The van der Waals surface area contributed by atoms with E-state index in [1.807, 2.05) is 0 Å². The Kier molecular flexibility index (Phi) is 9.69. The molecule has 234 valence electrons. The van der Waals surface area contributed by atoms with Gasteiger partial charge in [0.15, 0.2) is 0 Å². The molecule has 0 spiro atoms. The van der Waals surface area contributed by atoms with E-state index in [2.05, 4.69) is 180 Å². The lowest BCUT2D eigenvalue weighted by Crippen LogP contribution is -2.33. The molecule has 0 amide bonds. The Morgan fingerprint density at radius 1 is 0.386 bits per heavy atom. The molecule has 0 aromatic heterocycles. The molecule has 4 aromatic carbocycles. The van der Waals surface area contributed by atoms with Gasteiger partial charge in [0, 0.05) is 10.8 Å². The van der Waals surface area contributed by atoms with Gasteiger partial charge in [-0.15, -0.1) is 0 Å². The summed E-state index contributed by atoms with van der Waals surface area (Å²) in [7, 11) is 0. The van der Waals surface area contributed by atoms with Crippen LogP contribution in [0.25, 0.3) is 0 Å². The molecule has 44 heavy (non-hydrogen) atoms. The second-order valence-electron chi connectivity index (χ2n) is 15.0. The zero-order valence-corrected chi connectivity index (χ0v) is 29.2. The second-order valence-corrected chi connectivity index (χ2v) is 15.0. The Bertz CT molecular complexity index is 1420. The highest BCUT2D eigenvalue weighted by Crippen LogP contribution is 2.44. The maximum Gasteiger partial charge on any atom is 0.123 e. The highest BCUT2D eigenvalue weighted by Gasteiger charge is 2.37. The van der Waals surface area contributed by atoms with Crippen LogP contribution in [0, 0.1) is 0 Å². The molecule has 2 heteroatoms. The summed E-state index contributed by atoms with van der Waals surface area (Å²) in [4.78, 5) is 13.1. The molecule has 0 atom stereocenters. The van der Waals surface area contributed by atoms with Crippen LogP contribution in [0.3, 0.4) is 0 Å². The molecule has 0 aliphatic carbocycles. The van der Waals surface area contributed by atoms with Gasteiger partial charge in [0.25, 0.3) is 0 Å². The van der Waals surface area contributed by atoms with Crippen molar-refractivity contribution in [2.45, 2.75) is 117 Å². The third-order valence-electron chi connectivity index (χ3n) is 9.46. The van der Waals surface area contributed by atoms with Crippen molar-refractivity contribution in [1.29, 1.82) is 0 Å². The molecule has 2 nitrogen and oxygen atoms in total. The van der Waals surface area contributed by atoms with Crippen molar-refractivity contribution in [3.05, 3.63) is 142 Å². The first-order valence-electron chi connectivity index (χ1n) is 16.3. The normalized spacial score (nSPS) is 13.1. The Hall–Kier alpha value is -3.20. The van der Waals surface area contributed by atoms with Crippen LogP contribution in [0.4, 0.5) is 0 Å². The fourth-order valence-electron chi connectivity index (χ4n) is 6.83. The molecule has 0 unspecified atom stereocenters. The average Bonchev–Trinajstić information content (AvgIpc) is 3.00.